The Bertz CT molecular complexity index is 162. The fourth-order valence-electron chi connectivity index (χ4n) is 1.59. The average Bonchev–Trinajstić information content (AvgIpc) is 2.01. The van der Waals surface area contributed by atoms with Crippen LogP contribution in [-0.2, 0) is 9.47 Å². The molecule has 1 unspecified atom stereocenters. The monoisotopic (exact) mass is 186 g/mol. The predicted octanol–water partition coefficient (Wildman–Crippen LogP) is -0.695. The van der Waals surface area contributed by atoms with E-state index in [1.54, 1.807) is 0 Å². The fourth-order valence-corrected chi connectivity index (χ4v) is 1.59. The van der Waals surface area contributed by atoms with Gasteiger partial charge in [0.25, 0.3) is 0 Å². The minimum Gasteiger partial charge on any atom is -0.373 e. The van der Waals surface area contributed by atoms with E-state index in [-0.39, 0.29) is 6.10 Å². The Morgan fingerprint density at radius 2 is 2.38 bits per heavy atom. The number of hydrogen-bond acceptors (Lipinski definition) is 4. The van der Waals surface area contributed by atoms with Crippen molar-refractivity contribution in [2.75, 3.05) is 46.4 Å². The highest BCUT2D eigenvalue weighted by molar-refractivity contribution is 4.76. The molecule has 13 heavy (non-hydrogen) atoms. The van der Waals surface area contributed by atoms with E-state index >= 15 is 0 Å². The van der Waals surface area contributed by atoms with E-state index in [0.29, 0.717) is 6.10 Å². The zero-order valence-corrected chi connectivity index (χ0v) is 8.16. The Hall–Kier alpha value is -0.160. The van der Waals surface area contributed by atoms with Crippen LogP contribution in [-0.4, -0.2) is 63.5 Å². The highest BCUT2D eigenvalue weighted by atomic mass is 16.5. The van der Waals surface area contributed by atoms with Gasteiger partial charge in [-0.3, -0.25) is 0 Å². The lowest BCUT2D eigenvalue weighted by Gasteiger charge is -2.33. The summed E-state index contributed by atoms with van der Waals surface area (Å²) in [6, 6.07) is 0. The second kappa shape index (κ2) is 4.37. The molecule has 0 amide bonds. The molecule has 2 aliphatic rings. The van der Waals surface area contributed by atoms with Crippen LogP contribution in [0.3, 0.4) is 0 Å². The number of nitrogens with one attached hydrogen (secondary N) is 1. The third-order valence-corrected chi connectivity index (χ3v) is 2.60. The molecule has 1 N–H and O–H groups in total. The predicted molar refractivity (Wildman–Crippen MR) is 49.8 cm³/mol. The Kier molecular flexibility index (Phi) is 3.16. The molecule has 2 aliphatic heterocycles. The normalized spacial score (nSPS) is 31.6. The van der Waals surface area contributed by atoms with Gasteiger partial charge in [-0.15, -0.1) is 0 Å². The molecule has 0 aromatic rings. The zero-order chi connectivity index (χ0) is 9.10. The van der Waals surface area contributed by atoms with Crippen LogP contribution < -0.4 is 5.32 Å². The molecule has 0 aromatic carbocycles. The summed E-state index contributed by atoms with van der Waals surface area (Å²) in [5, 5.41) is 3.18. The summed E-state index contributed by atoms with van der Waals surface area (Å²) in [7, 11) is 2.13. The maximum Gasteiger partial charge on any atom is 0.0935 e. The largest absolute Gasteiger partial charge is 0.373 e. The highest BCUT2D eigenvalue weighted by Gasteiger charge is 2.22. The van der Waals surface area contributed by atoms with Gasteiger partial charge in [0.1, 0.15) is 0 Å². The molecule has 0 aliphatic carbocycles. The number of ether oxygens (including phenoxy) is 2. The molecule has 2 saturated heterocycles. The van der Waals surface area contributed by atoms with Gasteiger partial charge in [-0.25, -0.2) is 0 Å². The molecular formula is C9H18N2O2. The van der Waals surface area contributed by atoms with E-state index < -0.39 is 0 Å². The van der Waals surface area contributed by atoms with Gasteiger partial charge in [-0.05, 0) is 7.05 Å². The summed E-state index contributed by atoms with van der Waals surface area (Å²) in [5.74, 6) is 0. The summed E-state index contributed by atoms with van der Waals surface area (Å²) in [6.07, 6.45) is 0.704. The third kappa shape index (κ3) is 2.64. The summed E-state index contributed by atoms with van der Waals surface area (Å²) in [5.41, 5.74) is 0. The van der Waals surface area contributed by atoms with Crippen LogP contribution in [0.15, 0.2) is 0 Å². The molecule has 0 aromatic heterocycles. The van der Waals surface area contributed by atoms with Crippen molar-refractivity contribution in [3.05, 3.63) is 0 Å². The average molecular weight is 186 g/mol. The topological polar surface area (TPSA) is 33.7 Å². The maximum atomic E-state index is 5.65. The van der Waals surface area contributed by atoms with Gasteiger partial charge in [0, 0.05) is 26.2 Å². The molecule has 1 atom stereocenters. The molecule has 2 heterocycles. The number of morpholine rings is 1. The number of hydrogen-bond donors (Lipinski definition) is 1. The lowest BCUT2D eigenvalue weighted by Crippen LogP contribution is -2.50. The standard InChI is InChI=1S/C9H18N2O2/c1-11-2-3-12-9(6-11)7-13-8-4-10-5-8/h8-10H,2-7H2,1H3. The number of nitrogens with zero attached hydrogens (tertiary/aromatic N) is 1. The van der Waals surface area contributed by atoms with Gasteiger partial charge in [0.05, 0.1) is 25.4 Å². The van der Waals surface area contributed by atoms with E-state index in [9.17, 15) is 0 Å². The van der Waals surface area contributed by atoms with Gasteiger partial charge in [0.2, 0.25) is 0 Å². The molecule has 0 saturated carbocycles. The first-order chi connectivity index (χ1) is 6.34. The summed E-state index contributed by atoms with van der Waals surface area (Å²) in [6.45, 7) is 5.64. The van der Waals surface area contributed by atoms with Gasteiger partial charge in [0.15, 0.2) is 0 Å². The smallest absolute Gasteiger partial charge is 0.0935 e. The minimum atomic E-state index is 0.277. The lowest BCUT2D eigenvalue weighted by molar-refractivity contribution is -0.0883. The third-order valence-electron chi connectivity index (χ3n) is 2.60. The van der Waals surface area contributed by atoms with E-state index in [1.165, 1.54) is 0 Å². The Labute approximate surface area is 79.2 Å². The molecule has 2 rings (SSSR count). The van der Waals surface area contributed by atoms with Crippen molar-refractivity contribution < 1.29 is 9.47 Å². The fraction of sp³-hybridized carbons (Fsp3) is 1.00. The van der Waals surface area contributed by atoms with Crippen LogP contribution in [0, 0.1) is 0 Å². The van der Waals surface area contributed by atoms with Crippen molar-refractivity contribution in [1.29, 1.82) is 0 Å². The minimum absolute atomic E-state index is 0.277. The maximum absolute atomic E-state index is 5.65. The molecule has 76 valence electrons. The van der Waals surface area contributed by atoms with E-state index in [1.807, 2.05) is 0 Å². The number of likely N-dealkylation sites (N-methyl/N-ethyl adjacent to an activating group) is 1. The Morgan fingerprint density at radius 1 is 1.54 bits per heavy atom. The summed E-state index contributed by atoms with van der Waals surface area (Å²) in [4.78, 5) is 2.29. The zero-order valence-electron chi connectivity index (χ0n) is 8.16. The quantitative estimate of drug-likeness (QED) is 0.632. The molecular weight excluding hydrogens is 168 g/mol. The second-order valence-corrected chi connectivity index (χ2v) is 3.87. The van der Waals surface area contributed by atoms with Crippen LogP contribution >= 0.6 is 0 Å². The van der Waals surface area contributed by atoms with Crippen LogP contribution in [0.4, 0.5) is 0 Å². The van der Waals surface area contributed by atoms with Crippen LogP contribution in [0.2, 0.25) is 0 Å². The highest BCUT2D eigenvalue weighted by Crippen LogP contribution is 2.06. The van der Waals surface area contributed by atoms with Crippen molar-refractivity contribution in [1.82, 2.24) is 10.2 Å². The van der Waals surface area contributed by atoms with Crippen molar-refractivity contribution in [2.45, 2.75) is 12.2 Å². The van der Waals surface area contributed by atoms with Crippen molar-refractivity contribution in [3.63, 3.8) is 0 Å². The first-order valence-electron chi connectivity index (χ1n) is 4.97. The summed E-state index contributed by atoms with van der Waals surface area (Å²) < 4.78 is 11.2. The lowest BCUT2D eigenvalue weighted by atomic mass is 10.2. The van der Waals surface area contributed by atoms with Crippen molar-refractivity contribution >= 4 is 0 Å². The number of rotatable bonds is 3. The van der Waals surface area contributed by atoms with Gasteiger partial charge in [-0.2, -0.15) is 0 Å². The van der Waals surface area contributed by atoms with Gasteiger partial charge >= 0.3 is 0 Å². The van der Waals surface area contributed by atoms with Gasteiger partial charge < -0.3 is 19.7 Å². The van der Waals surface area contributed by atoms with E-state index in [4.69, 9.17) is 9.47 Å². The van der Waals surface area contributed by atoms with E-state index in [2.05, 4.69) is 17.3 Å². The van der Waals surface area contributed by atoms with Gasteiger partial charge in [-0.1, -0.05) is 0 Å². The molecule has 2 fully saturated rings. The van der Waals surface area contributed by atoms with Crippen molar-refractivity contribution in [3.8, 4) is 0 Å². The van der Waals surface area contributed by atoms with Crippen LogP contribution in [0.25, 0.3) is 0 Å². The van der Waals surface area contributed by atoms with Crippen LogP contribution in [0.5, 0.6) is 0 Å². The first-order valence-corrected chi connectivity index (χ1v) is 4.97. The van der Waals surface area contributed by atoms with E-state index in [0.717, 1.165) is 39.4 Å². The molecule has 0 radical (unpaired) electrons. The molecule has 0 spiro atoms. The SMILES string of the molecule is CN1CCOC(COC2CNC2)C1. The molecule has 0 bridgehead atoms. The molecule has 4 heteroatoms. The second-order valence-electron chi connectivity index (χ2n) is 3.87. The molecule has 4 nitrogen and oxygen atoms in total. The Morgan fingerprint density at radius 3 is 3.00 bits per heavy atom. The Balaban J connectivity index is 1.62. The van der Waals surface area contributed by atoms with Crippen LogP contribution in [0.1, 0.15) is 0 Å². The summed E-state index contributed by atoms with van der Waals surface area (Å²) >= 11 is 0. The first kappa shape index (κ1) is 9.40. The van der Waals surface area contributed by atoms with Crippen molar-refractivity contribution in [2.24, 2.45) is 0 Å².